The average molecular weight is 434 g/mol. The Hall–Kier alpha value is -2.79. The number of aryl methyl sites for hydroxylation is 1. The Morgan fingerprint density at radius 3 is 2.70 bits per heavy atom. The molecule has 0 amide bonds. The molecule has 1 aliphatic rings. The van der Waals surface area contributed by atoms with Gasteiger partial charge in [-0.05, 0) is 50.9 Å². The molecule has 4 aromatic heterocycles. The van der Waals surface area contributed by atoms with Crippen molar-refractivity contribution in [1.29, 1.82) is 0 Å². The average Bonchev–Trinajstić information content (AvgIpc) is 3.29. The van der Waals surface area contributed by atoms with Gasteiger partial charge in [0.15, 0.2) is 11.5 Å². The third-order valence-corrected chi connectivity index (χ3v) is 6.45. The summed E-state index contributed by atoms with van der Waals surface area (Å²) in [5, 5.41) is 7.96. The molecule has 1 aliphatic heterocycles. The van der Waals surface area contributed by atoms with Gasteiger partial charge in [0.1, 0.15) is 16.1 Å². The number of alkyl halides is 3. The second-order valence-corrected chi connectivity index (χ2v) is 8.46. The zero-order valence-electron chi connectivity index (χ0n) is 15.9. The molecule has 1 fully saturated rings. The topological polar surface area (TPSA) is 88.0 Å². The molecule has 5 heterocycles. The van der Waals surface area contributed by atoms with Crippen molar-refractivity contribution >= 4 is 27.2 Å². The van der Waals surface area contributed by atoms with Gasteiger partial charge in [0.05, 0.1) is 17.3 Å². The van der Waals surface area contributed by atoms with Gasteiger partial charge in [0, 0.05) is 4.88 Å². The van der Waals surface area contributed by atoms with Gasteiger partial charge in [-0.3, -0.25) is 4.79 Å². The Balaban J connectivity index is 1.65. The van der Waals surface area contributed by atoms with Crippen LogP contribution in [0, 0.1) is 6.92 Å². The molecule has 11 heteroatoms. The number of hydrogen-bond acceptors (Lipinski definition) is 6. The van der Waals surface area contributed by atoms with E-state index in [2.05, 4.69) is 25.4 Å². The van der Waals surface area contributed by atoms with Crippen molar-refractivity contribution in [3.05, 3.63) is 44.8 Å². The molecule has 30 heavy (non-hydrogen) atoms. The second kappa shape index (κ2) is 6.88. The van der Waals surface area contributed by atoms with Crippen LogP contribution >= 0.6 is 11.3 Å². The van der Waals surface area contributed by atoms with Crippen LogP contribution in [0.3, 0.4) is 0 Å². The summed E-state index contributed by atoms with van der Waals surface area (Å²) in [6.07, 6.45) is -1.26. The number of aromatic nitrogens is 5. The summed E-state index contributed by atoms with van der Waals surface area (Å²) in [5.74, 6) is 0.360. The van der Waals surface area contributed by atoms with E-state index in [1.54, 1.807) is 6.92 Å². The number of thiophene rings is 1. The van der Waals surface area contributed by atoms with E-state index >= 15 is 0 Å². The van der Waals surface area contributed by atoms with E-state index in [0.29, 0.717) is 21.8 Å². The van der Waals surface area contributed by atoms with Gasteiger partial charge >= 0.3 is 6.18 Å². The third-order valence-electron chi connectivity index (χ3n) is 5.26. The summed E-state index contributed by atoms with van der Waals surface area (Å²) in [7, 11) is 0. The number of piperidine rings is 1. The number of aromatic amines is 1. The SMILES string of the molecule is Cc1cn2nc(-c3nc4sc(C5CCNCC5)cc4c(=O)[nH]3)cc(C(F)(F)F)c2n1. The number of H-pyrrole nitrogens is 1. The molecule has 2 N–H and O–H groups in total. The van der Waals surface area contributed by atoms with Gasteiger partial charge in [0.2, 0.25) is 0 Å². The molecular formula is C19H17F3N6OS. The maximum atomic E-state index is 13.6. The molecule has 4 aromatic rings. The predicted octanol–water partition coefficient (Wildman–Crippen LogP) is 3.49. The summed E-state index contributed by atoms with van der Waals surface area (Å²) in [6.45, 7) is 3.43. The molecule has 0 spiro atoms. The molecule has 0 atom stereocenters. The molecule has 0 saturated carbocycles. The first-order valence-corrected chi connectivity index (χ1v) is 10.3. The number of rotatable bonds is 2. The van der Waals surface area contributed by atoms with Crippen molar-refractivity contribution in [3.63, 3.8) is 0 Å². The molecular weight excluding hydrogens is 417 g/mol. The summed E-state index contributed by atoms with van der Waals surface area (Å²) >= 11 is 1.42. The monoisotopic (exact) mass is 434 g/mol. The molecule has 1 saturated heterocycles. The minimum absolute atomic E-state index is 0.00460. The van der Waals surface area contributed by atoms with Gasteiger partial charge in [-0.2, -0.15) is 18.3 Å². The van der Waals surface area contributed by atoms with Crippen molar-refractivity contribution < 1.29 is 13.2 Å². The largest absolute Gasteiger partial charge is 0.420 e. The van der Waals surface area contributed by atoms with E-state index in [4.69, 9.17) is 0 Å². The number of imidazole rings is 1. The highest BCUT2D eigenvalue weighted by Crippen LogP contribution is 2.35. The van der Waals surface area contributed by atoms with Crippen LogP contribution in [0.15, 0.2) is 23.1 Å². The van der Waals surface area contributed by atoms with Crippen LogP contribution in [0.4, 0.5) is 13.2 Å². The molecule has 0 aromatic carbocycles. The number of halogens is 3. The fourth-order valence-corrected chi connectivity index (χ4v) is 5.00. The fraction of sp³-hybridized carbons (Fsp3) is 0.368. The highest BCUT2D eigenvalue weighted by atomic mass is 32.1. The van der Waals surface area contributed by atoms with Gasteiger partial charge in [-0.1, -0.05) is 0 Å². The standard InChI is InChI=1S/C19H17F3N6OS/c1-9-8-28-16(24-9)12(19(20,21)22)7-13(27-28)15-25-17(29)11-6-14(30-18(11)26-15)10-2-4-23-5-3-10/h6-8,10,23H,2-5H2,1H3,(H,25,26,29). The summed E-state index contributed by atoms with van der Waals surface area (Å²) in [5.41, 5.74) is -1.25. The predicted molar refractivity (Wildman–Crippen MR) is 107 cm³/mol. The maximum Gasteiger partial charge on any atom is 0.420 e. The van der Waals surface area contributed by atoms with Crippen molar-refractivity contribution in [3.8, 4) is 11.5 Å². The van der Waals surface area contributed by atoms with Crippen LogP contribution < -0.4 is 10.9 Å². The van der Waals surface area contributed by atoms with E-state index in [9.17, 15) is 18.0 Å². The second-order valence-electron chi connectivity index (χ2n) is 7.40. The molecule has 156 valence electrons. The highest BCUT2D eigenvalue weighted by Gasteiger charge is 2.35. The summed E-state index contributed by atoms with van der Waals surface area (Å²) in [4.78, 5) is 25.2. The molecule has 0 radical (unpaired) electrons. The number of nitrogens with one attached hydrogen (secondary N) is 2. The molecule has 0 unspecified atom stereocenters. The van der Waals surface area contributed by atoms with Crippen LogP contribution in [0.5, 0.6) is 0 Å². The Kier molecular flexibility index (Phi) is 4.40. The first-order valence-electron chi connectivity index (χ1n) is 9.48. The Morgan fingerprint density at radius 2 is 1.97 bits per heavy atom. The van der Waals surface area contributed by atoms with Gasteiger partial charge < -0.3 is 10.3 Å². The Bertz CT molecular complexity index is 1320. The minimum Gasteiger partial charge on any atom is -0.317 e. The fourth-order valence-electron chi connectivity index (χ4n) is 3.79. The zero-order chi connectivity index (χ0) is 21.0. The van der Waals surface area contributed by atoms with Crippen LogP contribution in [0.2, 0.25) is 0 Å². The summed E-state index contributed by atoms with van der Waals surface area (Å²) < 4.78 is 41.8. The molecule has 7 nitrogen and oxygen atoms in total. The van der Waals surface area contributed by atoms with E-state index < -0.39 is 11.7 Å². The van der Waals surface area contributed by atoms with E-state index in [-0.39, 0.29) is 22.7 Å². The Morgan fingerprint density at radius 1 is 1.20 bits per heavy atom. The lowest BCUT2D eigenvalue weighted by molar-refractivity contribution is -0.136. The zero-order valence-corrected chi connectivity index (χ0v) is 16.7. The minimum atomic E-state index is -4.62. The lowest BCUT2D eigenvalue weighted by atomic mass is 9.96. The lowest BCUT2D eigenvalue weighted by Crippen LogP contribution is -2.26. The van der Waals surface area contributed by atoms with Gasteiger partial charge in [0.25, 0.3) is 5.56 Å². The van der Waals surface area contributed by atoms with Crippen LogP contribution in [-0.2, 0) is 6.18 Å². The van der Waals surface area contributed by atoms with Crippen molar-refractivity contribution in [1.82, 2.24) is 29.9 Å². The molecule has 5 rings (SSSR count). The van der Waals surface area contributed by atoms with Crippen LogP contribution in [0.1, 0.15) is 34.9 Å². The van der Waals surface area contributed by atoms with E-state index in [0.717, 1.165) is 41.4 Å². The number of nitrogens with zero attached hydrogens (tertiary/aromatic N) is 4. The third kappa shape index (κ3) is 3.27. The molecule has 0 aliphatic carbocycles. The normalized spacial score (nSPS) is 16.0. The van der Waals surface area contributed by atoms with Crippen LogP contribution in [-0.4, -0.2) is 37.7 Å². The van der Waals surface area contributed by atoms with Crippen molar-refractivity contribution in [2.24, 2.45) is 0 Å². The first kappa shape index (κ1) is 19.2. The van der Waals surface area contributed by atoms with Gasteiger partial charge in [-0.25, -0.2) is 14.5 Å². The first-order chi connectivity index (χ1) is 14.3. The quantitative estimate of drug-likeness (QED) is 0.504. The van der Waals surface area contributed by atoms with Crippen LogP contribution in [0.25, 0.3) is 27.4 Å². The number of hydrogen-bond donors (Lipinski definition) is 2. The van der Waals surface area contributed by atoms with E-state index in [1.807, 2.05) is 6.07 Å². The van der Waals surface area contributed by atoms with E-state index in [1.165, 1.54) is 17.5 Å². The maximum absolute atomic E-state index is 13.6. The van der Waals surface area contributed by atoms with Crippen molar-refractivity contribution in [2.75, 3.05) is 13.1 Å². The lowest BCUT2D eigenvalue weighted by Gasteiger charge is -2.21. The highest BCUT2D eigenvalue weighted by molar-refractivity contribution is 7.18. The van der Waals surface area contributed by atoms with Gasteiger partial charge in [-0.15, -0.1) is 11.3 Å². The van der Waals surface area contributed by atoms with Crippen molar-refractivity contribution in [2.45, 2.75) is 31.9 Å². The summed E-state index contributed by atoms with van der Waals surface area (Å²) in [6, 6.07) is 2.73. The smallest absolute Gasteiger partial charge is 0.317 e. The molecule has 0 bridgehead atoms. The Labute approximate surface area is 172 Å². The number of fused-ring (bicyclic) bond motifs is 2.